The Morgan fingerprint density at radius 3 is 2.59 bits per heavy atom. The standard InChI is InChI=1S/C21H31N3O5/c1-23(2)18(25)13-15-7-12-29-21(14-15)8-10-24(11-9-21)20(26)16-5-6-17(27-3)22-19(16)28-4/h5-6,15H,7-14H2,1-4H3. The molecular weight excluding hydrogens is 374 g/mol. The number of hydrogen-bond acceptors (Lipinski definition) is 6. The molecule has 2 aliphatic rings. The van der Waals surface area contributed by atoms with Gasteiger partial charge in [0.1, 0.15) is 5.56 Å². The third-order valence-electron chi connectivity index (χ3n) is 5.99. The Kier molecular flexibility index (Phi) is 6.62. The van der Waals surface area contributed by atoms with E-state index in [1.54, 1.807) is 31.1 Å². The third kappa shape index (κ3) is 4.80. The van der Waals surface area contributed by atoms with Crippen molar-refractivity contribution in [3.63, 3.8) is 0 Å². The molecule has 3 heterocycles. The zero-order chi connectivity index (χ0) is 21.0. The van der Waals surface area contributed by atoms with Gasteiger partial charge in [-0.1, -0.05) is 0 Å². The van der Waals surface area contributed by atoms with Crippen LogP contribution in [-0.4, -0.2) is 80.2 Å². The van der Waals surface area contributed by atoms with Gasteiger partial charge in [0, 0.05) is 46.3 Å². The van der Waals surface area contributed by atoms with Gasteiger partial charge in [0.15, 0.2) is 0 Å². The maximum absolute atomic E-state index is 13.0. The van der Waals surface area contributed by atoms with Crippen LogP contribution in [0.1, 0.15) is 42.5 Å². The van der Waals surface area contributed by atoms with E-state index in [2.05, 4.69) is 4.98 Å². The van der Waals surface area contributed by atoms with E-state index in [0.29, 0.717) is 43.5 Å². The first-order valence-electron chi connectivity index (χ1n) is 10.1. The van der Waals surface area contributed by atoms with Crippen LogP contribution >= 0.6 is 0 Å². The highest BCUT2D eigenvalue weighted by molar-refractivity contribution is 5.96. The molecule has 29 heavy (non-hydrogen) atoms. The van der Waals surface area contributed by atoms with Gasteiger partial charge in [0.2, 0.25) is 17.7 Å². The number of pyridine rings is 1. The second-order valence-electron chi connectivity index (χ2n) is 8.09. The predicted octanol–water partition coefficient (Wildman–Crippen LogP) is 1.98. The second kappa shape index (κ2) is 8.98. The Morgan fingerprint density at radius 1 is 1.24 bits per heavy atom. The van der Waals surface area contributed by atoms with Crippen molar-refractivity contribution in [3.8, 4) is 11.8 Å². The summed E-state index contributed by atoms with van der Waals surface area (Å²) >= 11 is 0. The highest BCUT2D eigenvalue weighted by atomic mass is 16.5. The molecular formula is C21H31N3O5. The molecule has 2 saturated heterocycles. The van der Waals surface area contributed by atoms with Gasteiger partial charge in [-0.05, 0) is 37.7 Å². The fourth-order valence-electron chi connectivity index (χ4n) is 4.22. The number of hydrogen-bond donors (Lipinski definition) is 0. The quantitative estimate of drug-likeness (QED) is 0.745. The summed E-state index contributed by atoms with van der Waals surface area (Å²) in [6, 6.07) is 3.36. The number of methoxy groups -OCH3 is 2. The molecule has 2 amide bonds. The summed E-state index contributed by atoms with van der Waals surface area (Å²) in [5, 5.41) is 0. The highest BCUT2D eigenvalue weighted by Gasteiger charge is 2.42. The molecule has 2 fully saturated rings. The summed E-state index contributed by atoms with van der Waals surface area (Å²) in [4.78, 5) is 32.8. The number of carbonyl (C=O) groups excluding carboxylic acids is 2. The molecule has 0 saturated carbocycles. The van der Waals surface area contributed by atoms with Crippen LogP contribution in [0.3, 0.4) is 0 Å². The predicted molar refractivity (Wildman–Crippen MR) is 107 cm³/mol. The fraction of sp³-hybridized carbons (Fsp3) is 0.667. The lowest BCUT2D eigenvalue weighted by Gasteiger charge is -2.46. The van der Waals surface area contributed by atoms with Gasteiger partial charge >= 0.3 is 0 Å². The second-order valence-corrected chi connectivity index (χ2v) is 8.09. The van der Waals surface area contributed by atoms with E-state index >= 15 is 0 Å². The number of aromatic nitrogens is 1. The molecule has 1 atom stereocenters. The Bertz CT molecular complexity index is 744. The molecule has 0 bridgehead atoms. The Balaban J connectivity index is 1.62. The van der Waals surface area contributed by atoms with Crippen LogP contribution in [0.25, 0.3) is 0 Å². The Hall–Kier alpha value is -2.35. The largest absolute Gasteiger partial charge is 0.481 e. The molecule has 3 rings (SSSR count). The highest BCUT2D eigenvalue weighted by Crippen LogP contribution is 2.39. The first-order chi connectivity index (χ1) is 13.9. The van der Waals surface area contributed by atoms with Gasteiger partial charge < -0.3 is 24.0 Å². The van der Waals surface area contributed by atoms with Crippen molar-refractivity contribution in [1.82, 2.24) is 14.8 Å². The Morgan fingerprint density at radius 2 is 1.97 bits per heavy atom. The van der Waals surface area contributed by atoms with E-state index in [9.17, 15) is 9.59 Å². The van der Waals surface area contributed by atoms with Crippen LogP contribution in [0.5, 0.6) is 11.8 Å². The maximum atomic E-state index is 13.0. The van der Waals surface area contributed by atoms with Crippen LogP contribution in [0.15, 0.2) is 12.1 Å². The summed E-state index contributed by atoms with van der Waals surface area (Å²) in [6.07, 6.45) is 3.91. The lowest BCUT2D eigenvalue weighted by atomic mass is 9.78. The average molecular weight is 405 g/mol. The molecule has 160 valence electrons. The average Bonchev–Trinajstić information content (AvgIpc) is 2.73. The smallest absolute Gasteiger partial charge is 0.259 e. The number of carbonyl (C=O) groups is 2. The molecule has 2 aliphatic heterocycles. The van der Waals surface area contributed by atoms with Crippen LogP contribution in [0, 0.1) is 5.92 Å². The van der Waals surface area contributed by atoms with Gasteiger partial charge in [0.05, 0.1) is 19.8 Å². The van der Waals surface area contributed by atoms with E-state index < -0.39 is 0 Å². The first-order valence-corrected chi connectivity index (χ1v) is 10.1. The zero-order valence-corrected chi connectivity index (χ0v) is 17.8. The molecule has 1 spiro atoms. The van der Waals surface area contributed by atoms with Crippen LogP contribution < -0.4 is 9.47 Å². The third-order valence-corrected chi connectivity index (χ3v) is 5.99. The van der Waals surface area contributed by atoms with E-state index in [-0.39, 0.29) is 23.3 Å². The lowest BCUT2D eigenvalue weighted by Crippen LogP contribution is -2.51. The van der Waals surface area contributed by atoms with Crippen molar-refractivity contribution < 1.29 is 23.8 Å². The minimum atomic E-state index is -0.228. The minimum absolute atomic E-state index is 0.0954. The molecule has 1 aromatic heterocycles. The summed E-state index contributed by atoms with van der Waals surface area (Å²) in [5.41, 5.74) is 0.206. The van der Waals surface area contributed by atoms with Crippen molar-refractivity contribution in [2.24, 2.45) is 5.92 Å². The van der Waals surface area contributed by atoms with Crippen molar-refractivity contribution in [2.45, 2.75) is 37.7 Å². The Labute approximate surface area is 172 Å². The van der Waals surface area contributed by atoms with Crippen molar-refractivity contribution in [3.05, 3.63) is 17.7 Å². The summed E-state index contributed by atoms with van der Waals surface area (Å²) in [7, 11) is 6.61. The monoisotopic (exact) mass is 405 g/mol. The van der Waals surface area contributed by atoms with Crippen molar-refractivity contribution in [1.29, 1.82) is 0 Å². The number of ether oxygens (including phenoxy) is 3. The molecule has 1 aromatic rings. The number of rotatable bonds is 5. The van der Waals surface area contributed by atoms with Crippen LogP contribution in [0.4, 0.5) is 0 Å². The van der Waals surface area contributed by atoms with Gasteiger partial charge in [-0.25, -0.2) is 0 Å². The SMILES string of the molecule is COc1ccc(C(=O)N2CCC3(CC2)CC(CC(=O)N(C)C)CCO3)c(OC)n1. The lowest BCUT2D eigenvalue weighted by molar-refractivity contribution is -0.139. The normalized spacial score (nSPS) is 21.0. The van der Waals surface area contributed by atoms with Crippen LogP contribution in [0.2, 0.25) is 0 Å². The van der Waals surface area contributed by atoms with E-state index in [1.807, 2.05) is 4.90 Å². The van der Waals surface area contributed by atoms with Gasteiger partial charge in [-0.3, -0.25) is 9.59 Å². The molecule has 8 heteroatoms. The van der Waals surface area contributed by atoms with Gasteiger partial charge in [-0.15, -0.1) is 0 Å². The number of amides is 2. The number of likely N-dealkylation sites (tertiary alicyclic amines) is 1. The molecule has 0 aliphatic carbocycles. The zero-order valence-electron chi connectivity index (χ0n) is 17.8. The summed E-state index contributed by atoms with van der Waals surface area (Å²) < 4.78 is 16.6. The summed E-state index contributed by atoms with van der Waals surface area (Å²) in [5.74, 6) is 1.09. The maximum Gasteiger partial charge on any atom is 0.259 e. The molecule has 0 radical (unpaired) electrons. The van der Waals surface area contributed by atoms with Crippen molar-refractivity contribution >= 4 is 11.8 Å². The molecule has 0 aromatic carbocycles. The first kappa shape index (κ1) is 21.4. The number of nitrogens with zero attached hydrogens (tertiary/aromatic N) is 3. The summed E-state index contributed by atoms with van der Waals surface area (Å²) in [6.45, 7) is 1.90. The molecule has 0 N–H and O–H groups in total. The van der Waals surface area contributed by atoms with Crippen LogP contribution in [-0.2, 0) is 9.53 Å². The van der Waals surface area contributed by atoms with Gasteiger partial charge in [-0.2, -0.15) is 4.98 Å². The van der Waals surface area contributed by atoms with Crippen molar-refractivity contribution in [2.75, 3.05) is 48.0 Å². The minimum Gasteiger partial charge on any atom is -0.481 e. The van der Waals surface area contributed by atoms with E-state index in [0.717, 1.165) is 25.7 Å². The fourth-order valence-corrected chi connectivity index (χ4v) is 4.22. The van der Waals surface area contributed by atoms with E-state index in [1.165, 1.54) is 14.2 Å². The molecule has 1 unspecified atom stereocenters. The topological polar surface area (TPSA) is 81.2 Å². The number of piperidine rings is 1. The van der Waals surface area contributed by atoms with E-state index in [4.69, 9.17) is 14.2 Å². The van der Waals surface area contributed by atoms with Gasteiger partial charge in [0.25, 0.3) is 5.91 Å². The molecule has 8 nitrogen and oxygen atoms in total.